The molecule has 4 aliphatic rings. The molecule has 4 fully saturated rings. The number of hydrogen-bond donors (Lipinski definition) is 0. The van der Waals surface area contributed by atoms with Crippen molar-refractivity contribution in [2.75, 3.05) is 0 Å². The van der Waals surface area contributed by atoms with Gasteiger partial charge in [-0.2, -0.15) is 0 Å². The van der Waals surface area contributed by atoms with Gasteiger partial charge in [0.1, 0.15) is 0 Å². The van der Waals surface area contributed by atoms with Crippen LogP contribution in [0.2, 0.25) is 0 Å². The van der Waals surface area contributed by atoms with E-state index in [1.165, 1.54) is 103 Å². The summed E-state index contributed by atoms with van der Waals surface area (Å²) < 4.78 is 1.45. The first kappa shape index (κ1) is 26.0. The van der Waals surface area contributed by atoms with E-state index in [1.54, 1.807) is 0 Å². The van der Waals surface area contributed by atoms with E-state index in [-0.39, 0.29) is 16.8 Å². The fraction of sp³-hybridized carbons (Fsp3) is 0.909. The Morgan fingerprint density at radius 2 is 0.655 bits per heavy atom. The van der Waals surface area contributed by atoms with E-state index in [2.05, 4.69) is 9.80 Å². The summed E-state index contributed by atoms with van der Waals surface area (Å²) in [6, 6.07) is 2.73. The van der Waals surface area contributed by atoms with Crippen LogP contribution in [-0.2, 0) is 42.0 Å². The second kappa shape index (κ2) is 13.3. The summed E-state index contributed by atoms with van der Waals surface area (Å²) in [7, 11) is 0. The van der Waals surface area contributed by atoms with Crippen LogP contribution in [0.4, 0.5) is 0 Å². The van der Waals surface area contributed by atoms with Crippen LogP contribution >= 0.6 is 24.4 Å². The number of rotatable bonds is 4. The molecule has 0 aliphatic heterocycles. The Morgan fingerprint density at radius 3 is 0.793 bits per heavy atom. The molecule has 0 atom stereocenters. The molecule has 4 rings (SSSR count). The van der Waals surface area contributed by atoms with Crippen molar-refractivity contribution < 1.29 is 16.8 Å². The van der Waals surface area contributed by atoms with Gasteiger partial charge in [0.15, 0.2) is 0 Å². The van der Waals surface area contributed by atoms with Crippen molar-refractivity contribution in [1.29, 1.82) is 0 Å². The largest absolute Gasteiger partial charge is 2.00 e. The zero-order valence-corrected chi connectivity index (χ0v) is 21.8. The second-order valence-corrected chi connectivity index (χ2v) is 11.2. The zero-order chi connectivity index (χ0) is 19.9. The molecule has 0 unspecified atom stereocenters. The maximum absolute atomic E-state index is 5.23. The molecule has 7 heteroatoms. The van der Waals surface area contributed by atoms with E-state index in [1.807, 2.05) is 0 Å². The van der Waals surface area contributed by atoms with Crippen molar-refractivity contribution >= 4 is 58.3 Å². The molecule has 0 spiro atoms. The molecule has 0 saturated heterocycles. The average molecular weight is 516 g/mol. The van der Waals surface area contributed by atoms with Gasteiger partial charge >= 0.3 is 16.8 Å². The van der Waals surface area contributed by atoms with Crippen LogP contribution in [0.1, 0.15) is 103 Å². The third-order valence-corrected chi connectivity index (χ3v) is 8.14. The van der Waals surface area contributed by atoms with Gasteiger partial charge in [-0.25, -0.2) is 0 Å². The third-order valence-electron chi connectivity index (χ3n) is 7.29. The molecule has 1 radical (unpaired) electrons. The minimum Gasteiger partial charge on any atom is -0.411 e. The average Bonchev–Trinajstić information content (AvgIpc) is 3.46. The van der Waals surface area contributed by atoms with E-state index in [4.69, 9.17) is 49.7 Å². The summed E-state index contributed by atoms with van der Waals surface area (Å²) in [6.07, 6.45) is 21.4. The van der Waals surface area contributed by atoms with Crippen molar-refractivity contribution in [2.45, 2.75) is 127 Å². The molecule has 0 aromatic carbocycles. The topological polar surface area (TPSA) is 6.48 Å². The Morgan fingerprint density at radius 1 is 0.483 bits per heavy atom. The SMILES string of the molecule is S=C([S-])N(C1CCCC1)C1CCCC1.S=C([S-])N(C1CCCC1)C1CCCC1.[Co+2]. The van der Waals surface area contributed by atoms with Crippen molar-refractivity contribution in [2.24, 2.45) is 0 Å². The van der Waals surface area contributed by atoms with Crippen LogP contribution in [0.3, 0.4) is 0 Å². The Bertz CT molecular complexity index is 431. The van der Waals surface area contributed by atoms with Crippen LogP contribution in [0.25, 0.3) is 0 Å². The summed E-state index contributed by atoms with van der Waals surface area (Å²) in [5.41, 5.74) is 0. The molecule has 0 heterocycles. The van der Waals surface area contributed by atoms with Gasteiger partial charge in [-0.1, -0.05) is 60.0 Å². The van der Waals surface area contributed by atoms with E-state index >= 15 is 0 Å². The first-order chi connectivity index (χ1) is 13.6. The summed E-state index contributed by atoms with van der Waals surface area (Å²) in [4.78, 5) is 4.79. The molecule has 4 saturated carbocycles. The van der Waals surface area contributed by atoms with Crippen molar-refractivity contribution in [3.8, 4) is 0 Å². The van der Waals surface area contributed by atoms with Crippen molar-refractivity contribution in [3.63, 3.8) is 0 Å². The van der Waals surface area contributed by atoms with E-state index in [0.29, 0.717) is 24.2 Å². The summed E-state index contributed by atoms with van der Waals surface area (Å²) in [5, 5.41) is 0. The van der Waals surface area contributed by atoms with Crippen molar-refractivity contribution in [3.05, 3.63) is 0 Å². The van der Waals surface area contributed by atoms with E-state index < -0.39 is 0 Å². The fourth-order valence-electron chi connectivity index (χ4n) is 5.92. The Labute approximate surface area is 210 Å². The molecule has 2 nitrogen and oxygen atoms in total. The zero-order valence-electron chi connectivity index (χ0n) is 17.5. The van der Waals surface area contributed by atoms with Gasteiger partial charge < -0.3 is 59.5 Å². The van der Waals surface area contributed by atoms with E-state index in [9.17, 15) is 0 Å². The van der Waals surface area contributed by atoms with Gasteiger partial charge in [0, 0.05) is 24.2 Å². The predicted molar refractivity (Wildman–Crippen MR) is 133 cm³/mol. The smallest absolute Gasteiger partial charge is 0.411 e. The van der Waals surface area contributed by atoms with Gasteiger partial charge in [-0.3, -0.25) is 0 Å². The summed E-state index contributed by atoms with van der Waals surface area (Å²) >= 11 is 20.9. The molecule has 29 heavy (non-hydrogen) atoms. The summed E-state index contributed by atoms with van der Waals surface area (Å²) in [5.74, 6) is 0. The first-order valence-corrected chi connectivity index (χ1v) is 13.2. The maximum atomic E-state index is 5.23. The quantitative estimate of drug-likeness (QED) is 0.332. The Hall–Kier alpha value is 0.726. The van der Waals surface area contributed by atoms with Gasteiger partial charge in [0.05, 0.1) is 0 Å². The molecular formula is C22H36CoN2S4. The van der Waals surface area contributed by atoms with Gasteiger partial charge in [0.25, 0.3) is 0 Å². The van der Waals surface area contributed by atoms with E-state index in [0.717, 1.165) is 8.64 Å². The third kappa shape index (κ3) is 7.38. The van der Waals surface area contributed by atoms with Crippen LogP contribution in [0, 0.1) is 0 Å². The fourth-order valence-corrected chi connectivity index (χ4v) is 7.11. The van der Waals surface area contributed by atoms with Crippen LogP contribution in [-0.4, -0.2) is 42.6 Å². The second-order valence-electron chi connectivity index (χ2n) is 9.10. The van der Waals surface area contributed by atoms with Gasteiger partial charge in [0.2, 0.25) is 0 Å². The summed E-state index contributed by atoms with van der Waals surface area (Å²) in [6.45, 7) is 0. The molecule has 0 amide bonds. The van der Waals surface area contributed by atoms with Gasteiger partial charge in [-0.15, -0.1) is 0 Å². The Kier molecular flexibility index (Phi) is 11.9. The maximum Gasteiger partial charge on any atom is 2.00 e. The molecule has 0 aromatic heterocycles. The normalized spacial score (nSPS) is 23.4. The minimum atomic E-state index is 0. The monoisotopic (exact) mass is 515 g/mol. The molecule has 0 N–H and O–H groups in total. The molecular weight excluding hydrogens is 479 g/mol. The van der Waals surface area contributed by atoms with Crippen molar-refractivity contribution in [1.82, 2.24) is 9.80 Å². The van der Waals surface area contributed by atoms with Crippen LogP contribution in [0.5, 0.6) is 0 Å². The molecule has 4 aliphatic carbocycles. The van der Waals surface area contributed by atoms with Gasteiger partial charge in [-0.05, 0) is 51.4 Å². The Balaban J connectivity index is 0.000000200. The minimum absolute atomic E-state index is 0. The predicted octanol–water partition coefficient (Wildman–Crippen LogP) is 6.01. The first-order valence-electron chi connectivity index (χ1n) is 11.6. The van der Waals surface area contributed by atoms with Crippen LogP contribution in [0.15, 0.2) is 0 Å². The molecule has 0 aromatic rings. The molecule has 0 bridgehead atoms. The number of nitrogens with zero attached hydrogens (tertiary/aromatic N) is 2. The van der Waals surface area contributed by atoms with Crippen LogP contribution < -0.4 is 0 Å². The standard InChI is InChI=1S/2C11H19NS2.Co/c2*13-11(14)12(9-5-1-2-6-9)10-7-3-4-8-10;/h2*9-10H,1-8H2,(H,13,14);/q;;+2/p-2. The molecule has 167 valence electrons. The number of hydrogen-bond acceptors (Lipinski definition) is 4. The number of thiocarbonyl (C=S) groups is 2.